The maximum Gasteiger partial charge on any atom is 0.240 e. The van der Waals surface area contributed by atoms with Crippen molar-refractivity contribution in [2.75, 3.05) is 0 Å². The number of carbonyl (C=O) groups is 1. The highest BCUT2D eigenvalue weighted by Gasteiger charge is 2.14. The molecule has 4 rings (SSSR count). The smallest absolute Gasteiger partial charge is 0.240 e. The Labute approximate surface area is 168 Å². The SMILES string of the molecule is O=C(Cn1c(Cc2ccc(Cl)cc2)nc2ccccc21)NCc1ccccc1. The van der Waals surface area contributed by atoms with E-state index in [1.165, 1.54) is 0 Å². The summed E-state index contributed by atoms with van der Waals surface area (Å²) in [5.74, 6) is 0.822. The van der Waals surface area contributed by atoms with Crippen molar-refractivity contribution in [3.63, 3.8) is 0 Å². The third kappa shape index (κ3) is 4.24. The molecule has 0 bridgehead atoms. The summed E-state index contributed by atoms with van der Waals surface area (Å²) in [6, 6.07) is 25.5. The number of carbonyl (C=O) groups excluding carboxylic acids is 1. The first kappa shape index (κ1) is 18.3. The quantitative estimate of drug-likeness (QED) is 0.524. The van der Waals surface area contributed by atoms with Crippen molar-refractivity contribution in [1.29, 1.82) is 0 Å². The molecule has 0 aliphatic heterocycles. The second kappa shape index (κ2) is 8.28. The highest BCUT2D eigenvalue weighted by atomic mass is 35.5. The van der Waals surface area contributed by atoms with E-state index >= 15 is 0 Å². The van der Waals surface area contributed by atoms with Gasteiger partial charge in [-0.3, -0.25) is 4.79 Å². The van der Waals surface area contributed by atoms with Gasteiger partial charge in [0.05, 0.1) is 11.0 Å². The van der Waals surface area contributed by atoms with Crippen LogP contribution in [0.4, 0.5) is 0 Å². The maximum absolute atomic E-state index is 12.6. The van der Waals surface area contributed by atoms with Gasteiger partial charge in [0, 0.05) is 18.0 Å². The van der Waals surface area contributed by atoms with Gasteiger partial charge in [0.2, 0.25) is 5.91 Å². The van der Waals surface area contributed by atoms with Gasteiger partial charge in [0.1, 0.15) is 12.4 Å². The first-order valence-electron chi connectivity index (χ1n) is 9.18. The standard InChI is InChI=1S/C23H20ClN3O/c24-19-12-10-17(11-13-19)14-22-26-20-8-4-5-9-21(20)27(22)16-23(28)25-15-18-6-2-1-3-7-18/h1-13H,14-16H2,(H,25,28). The molecular formula is C23H20ClN3O. The summed E-state index contributed by atoms with van der Waals surface area (Å²) in [6.45, 7) is 0.745. The van der Waals surface area contributed by atoms with E-state index in [0.717, 1.165) is 28.0 Å². The number of nitrogens with one attached hydrogen (secondary N) is 1. The number of nitrogens with zero attached hydrogens (tertiary/aromatic N) is 2. The van der Waals surface area contributed by atoms with Gasteiger partial charge >= 0.3 is 0 Å². The summed E-state index contributed by atoms with van der Waals surface area (Å²) in [7, 11) is 0. The lowest BCUT2D eigenvalue weighted by molar-refractivity contribution is -0.121. The van der Waals surface area contributed by atoms with Crippen molar-refractivity contribution in [3.05, 3.63) is 101 Å². The molecule has 0 spiro atoms. The fourth-order valence-electron chi connectivity index (χ4n) is 3.22. The molecule has 0 saturated carbocycles. The minimum atomic E-state index is -0.0376. The third-order valence-corrected chi connectivity index (χ3v) is 4.90. The van der Waals surface area contributed by atoms with Gasteiger partial charge in [-0.15, -0.1) is 0 Å². The van der Waals surface area contributed by atoms with E-state index in [9.17, 15) is 4.79 Å². The summed E-state index contributed by atoms with van der Waals surface area (Å²) in [5.41, 5.74) is 4.03. The first-order chi connectivity index (χ1) is 13.7. The van der Waals surface area contributed by atoms with E-state index in [2.05, 4.69) is 5.32 Å². The Morgan fingerprint density at radius 3 is 2.39 bits per heavy atom. The van der Waals surface area contributed by atoms with Gasteiger partial charge in [-0.05, 0) is 35.4 Å². The van der Waals surface area contributed by atoms with Crippen LogP contribution in [0.1, 0.15) is 17.0 Å². The number of rotatable bonds is 6. The lowest BCUT2D eigenvalue weighted by atomic mass is 10.1. The van der Waals surface area contributed by atoms with Gasteiger partial charge in [-0.1, -0.05) is 66.2 Å². The van der Waals surface area contributed by atoms with Crippen LogP contribution in [0.3, 0.4) is 0 Å². The van der Waals surface area contributed by atoms with Crippen molar-refractivity contribution < 1.29 is 4.79 Å². The average Bonchev–Trinajstić information content (AvgIpc) is 3.06. The molecule has 0 aliphatic carbocycles. The molecule has 0 radical (unpaired) electrons. The first-order valence-corrected chi connectivity index (χ1v) is 9.56. The van der Waals surface area contributed by atoms with E-state index in [1.807, 2.05) is 83.4 Å². The van der Waals surface area contributed by atoms with E-state index in [1.54, 1.807) is 0 Å². The van der Waals surface area contributed by atoms with Crippen LogP contribution >= 0.6 is 11.6 Å². The van der Waals surface area contributed by atoms with E-state index < -0.39 is 0 Å². The number of hydrogen-bond acceptors (Lipinski definition) is 2. The third-order valence-electron chi connectivity index (χ3n) is 4.64. The van der Waals surface area contributed by atoms with Gasteiger partial charge in [0.15, 0.2) is 0 Å². The van der Waals surface area contributed by atoms with Crippen LogP contribution in [-0.2, 0) is 24.3 Å². The fraction of sp³-hybridized carbons (Fsp3) is 0.130. The lowest BCUT2D eigenvalue weighted by Gasteiger charge is -2.10. The molecule has 140 valence electrons. The van der Waals surface area contributed by atoms with E-state index in [0.29, 0.717) is 18.0 Å². The molecule has 0 unspecified atom stereocenters. The van der Waals surface area contributed by atoms with Gasteiger partial charge < -0.3 is 9.88 Å². The van der Waals surface area contributed by atoms with Gasteiger partial charge in [-0.25, -0.2) is 4.98 Å². The Morgan fingerprint density at radius 2 is 1.61 bits per heavy atom. The van der Waals surface area contributed by atoms with Crippen molar-refractivity contribution in [2.45, 2.75) is 19.5 Å². The summed E-state index contributed by atoms with van der Waals surface area (Å²) in [6.07, 6.45) is 0.637. The monoisotopic (exact) mass is 389 g/mol. The number of fused-ring (bicyclic) bond motifs is 1. The van der Waals surface area contributed by atoms with Crippen molar-refractivity contribution in [3.8, 4) is 0 Å². The fourth-order valence-corrected chi connectivity index (χ4v) is 3.34. The van der Waals surface area contributed by atoms with Crippen molar-refractivity contribution >= 4 is 28.5 Å². The Hall–Kier alpha value is -3.11. The molecule has 1 N–H and O–H groups in total. The highest BCUT2D eigenvalue weighted by molar-refractivity contribution is 6.30. The molecule has 4 aromatic rings. The Morgan fingerprint density at radius 1 is 0.893 bits per heavy atom. The number of hydrogen-bond donors (Lipinski definition) is 1. The zero-order chi connectivity index (χ0) is 19.3. The average molecular weight is 390 g/mol. The van der Waals surface area contributed by atoms with E-state index in [4.69, 9.17) is 16.6 Å². The zero-order valence-electron chi connectivity index (χ0n) is 15.3. The van der Waals surface area contributed by atoms with Crippen LogP contribution in [0.2, 0.25) is 5.02 Å². The number of halogens is 1. The predicted molar refractivity (Wildman–Crippen MR) is 112 cm³/mol. The molecular weight excluding hydrogens is 370 g/mol. The van der Waals surface area contributed by atoms with Crippen LogP contribution in [0, 0.1) is 0 Å². The number of aromatic nitrogens is 2. The molecule has 0 fully saturated rings. The van der Waals surface area contributed by atoms with Gasteiger partial charge in [-0.2, -0.15) is 0 Å². The number of amides is 1. The number of benzene rings is 3. The van der Waals surface area contributed by atoms with Gasteiger partial charge in [0.25, 0.3) is 0 Å². The zero-order valence-corrected chi connectivity index (χ0v) is 16.1. The maximum atomic E-state index is 12.6. The van der Waals surface area contributed by atoms with Crippen molar-refractivity contribution in [1.82, 2.24) is 14.9 Å². The molecule has 1 amide bonds. The molecule has 0 aliphatic rings. The van der Waals surface area contributed by atoms with E-state index in [-0.39, 0.29) is 12.5 Å². The molecule has 3 aromatic carbocycles. The molecule has 1 heterocycles. The summed E-state index contributed by atoms with van der Waals surface area (Å²) in [5, 5.41) is 3.70. The largest absolute Gasteiger partial charge is 0.350 e. The van der Waals surface area contributed by atoms with Crippen LogP contribution in [-0.4, -0.2) is 15.5 Å². The molecule has 28 heavy (non-hydrogen) atoms. The normalized spacial score (nSPS) is 10.9. The Bertz CT molecular complexity index is 1090. The Balaban J connectivity index is 1.56. The number of para-hydroxylation sites is 2. The topological polar surface area (TPSA) is 46.9 Å². The van der Waals surface area contributed by atoms with Crippen LogP contribution in [0.25, 0.3) is 11.0 Å². The minimum absolute atomic E-state index is 0.0376. The van der Waals surface area contributed by atoms with Crippen LogP contribution < -0.4 is 5.32 Å². The lowest BCUT2D eigenvalue weighted by Crippen LogP contribution is -2.27. The highest BCUT2D eigenvalue weighted by Crippen LogP contribution is 2.19. The minimum Gasteiger partial charge on any atom is -0.350 e. The van der Waals surface area contributed by atoms with Crippen LogP contribution in [0.5, 0.6) is 0 Å². The molecule has 0 saturated heterocycles. The summed E-state index contributed by atoms with van der Waals surface area (Å²) in [4.78, 5) is 17.4. The molecule has 1 aromatic heterocycles. The van der Waals surface area contributed by atoms with Crippen LogP contribution in [0.15, 0.2) is 78.9 Å². The Kier molecular flexibility index (Phi) is 5.40. The molecule has 0 atom stereocenters. The predicted octanol–water partition coefficient (Wildman–Crippen LogP) is 4.60. The van der Waals surface area contributed by atoms with Crippen molar-refractivity contribution in [2.24, 2.45) is 0 Å². The second-order valence-corrected chi connectivity index (χ2v) is 7.10. The molecule has 5 heteroatoms. The molecule has 4 nitrogen and oxygen atoms in total. The summed E-state index contributed by atoms with van der Waals surface area (Å²) >= 11 is 5.99. The summed E-state index contributed by atoms with van der Waals surface area (Å²) < 4.78 is 1.99. The number of imidazole rings is 1. The second-order valence-electron chi connectivity index (χ2n) is 6.67.